The third-order valence-corrected chi connectivity index (χ3v) is 3.60. The van der Waals surface area contributed by atoms with Crippen LogP contribution in [0.1, 0.15) is 17.0 Å². The predicted molar refractivity (Wildman–Crippen MR) is 63.5 cm³/mol. The highest BCUT2D eigenvalue weighted by molar-refractivity contribution is 9.10. The van der Waals surface area contributed by atoms with Gasteiger partial charge in [-0.25, -0.2) is 4.79 Å². The van der Waals surface area contributed by atoms with Gasteiger partial charge in [0.15, 0.2) is 0 Å². The average molecular weight is 283 g/mol. The van der Waals surface area contributed by atoms with Crippen molar-refractivity contribution >= 4 is 15.9 Å². The standard InChI is InChI=1S/C11H11BrN2O2/c1-7-10(12)8(2)14(11(15)13-7)5-9-3-4-16-6-9/h3-4,6H,5H2,1-2H3. The molecule has 0 fully saturated rings. The van der Waals surface area contributed by atoms with E-state index in [1.807, 2.05) is 13.0 Å². The zero-order valence-electron chi connectivity index (χ0n) is 9.03. The van der Waals surface area contributed by atoms with Crippen LogP contribution < -0.4 is 5.69 Å². The molecular formula is C11H11BrN2O2. The van der Waals surface area contributed by atoms with Gasteiger partial charge in [0, 0.05) is 11.3 Å². The highest BCUT2D eigenvalue weighted by Gasteiger charge is 2.09. The molecule has 0 aromatic carbocycles. The summed E-state index contributed by atoms with van der Waals surface area (Å²) >= 11 is 3.42. The Morgan fingerprint density at radius 3 is 2.88 bits per heavy atom. The molecular weight excluding hydrogens is 272 g/mol. The van der Waals surface area contributed by atoms with E-state index in [1.54, 1.807) is 24.0 Å². The third kappa shape index (κ3) is 1.95. The minimum absolute atomic E-state index is 0.237. The van der Waals surface area contributed by atoms with E-state index in [0.29, 0.717) is 12.2 Å². The molecule has 0 spiro atoms. The topological polar surface area (TPSA) is 48.0 Å². The van der Waals surface area contributed by atoms with E-state index in [9.17, 15) is 4.79 Å². The fraction of sp³-hybridized carbons (Fsp3) is 0.273. The number of furan rings is 1. The van der Waals surface area contributed by atoms with Crippen molar-refractivity contribution in [2.75, 3.05) is 0 Å². The van der Waals surface area contributed by atoms with Gasteiger partial charge in [-0.3, -0.25) is 4.57 Å². The van der Waals surface area contributed by atoms with Crippen LogP contribution in [0.15, 0.2) is 32.3 Å². The Morgan fingerprint density at radius 2 is 2.25 bits per heavy atom. The lowest BCUT2D eigenvalue weighted by Gasteiger charge is -2.10. The number of aromatic nitrogens is 2. The maximum absolute atomic E-state index is 11.7. The number of halogens is 1. The Kier molecular flexibility index (Phi) is 2.96. The molecule has 2 aromatic rings. The van der Waals surface area contributed by atoms with E-state index < -0.39 is 0 Å². The van der Waals surface area contributed by atoms with E-state index >= 15 is 0 Å². The van der Waals surface area contributed by atoms with Gasteiger partial charge in [-0.15, -0.1) is 0 Å². The van der Waals surface area contributed by atoms with Crippen molar-refractivity contribution in [2.24, 2.45) is 0 Å². The summed E-state index contributed by atoms with van der Waals surface area (Å²) in [6, 6.07) is 1.83. The first-order valence-corrected chi connectivity index (χ1v) is 5.63. The van der Waals surface area contributed by atoms with Crippen LogP contribution in [0.3, 0.4) is 0 Å². The number of aryl methyl sites for hydroxylation is 1. The Bertz CT molecular complexity index is 558. The molecule has 0 aliphatic carbocycles. The summed E-state index contributed by atoms with van der Waals surface area (Å²) in [5.41, 5.74) is 2.30. The number of hydrogen-bond donors (Lipinski definition) is 0. The highest BCUT2D eigenvalue weighted by atomic mass is 79.9. The molecule has 0 atom stereocenters. The second kappa shape index (κ2) is 4.25. The molecule has 0 N–H and O–H groups in total. The lowest BCUT2D eigenvalue weighted by molar-refractivity contribution is 0.560. The Labute approximate surface area is 101 Å². The van der Waals surface area contributed by atoms with Gasteiger partial charge in [0.25, 0.3) is 0 Å². The van der Waals surface area contributed by atoms with Crippen LogP contribution in [0, 0.1) is 13.8 Å². The number of nitrogens with zero attached hydrogens (tertiary/aromatic N) is 2. The summed E-state index contributed by atoms with van der Waals surface area (Å²) < 4.78 is 7.46. The molecule has 84 valence electrons. The molecule has 0 saturated heterocycles. The van der Waals surface area contributed by atoms with Crippen molar-refractivity contribution in [3.8, 4) is 0 Å². The van der Waals surface area contributed by atoms with Crippen molar-refractivity contribution in [3.63, 3.8) is 0 Å². The Morgan fingerprint density at radius 1 is 1.50 bits per heavy atom. The molecule has 0 unspecified atom stereocenters. The summed E-state index contributed by atoms with van der Waals surface area (Å²) in [4.78, 5) is 15.7. The predicted octanol–water partition coefficient (Wildman–Crippen LogP) is 2.26. The van der Waals surface area contributed by atoms with Crippen LogP contribution >= 0.6 is 15.9 Å². The van der Waals surface area contributed by atoms with E-state index in [4.69, 9.17) is 4.42 Å². The third-order valence-electron chi connectivity index (χ3n) is 2.46. The molecule has 0 aliphatic heterocycles. The van der Waals surface area contributed by atoms with Crippen LogP contribution in [-0.2, 0) is 6.54 Å². The van der Waals surface area contributed by atoms with Gasteiger partial charge in [0.2, 0.25) is 0 Å². The van der Waals surface area contributed by atoms with E-state index in [2.05, 4.69) is 20.9 Å². The van der Waals surface area contributed by atoms with E-state index in [1.165, 1.54) is 0 Å². The minimum Gasteiger partial charge on any atom is -0.472 e. The first-order valence-electron chi connectivity index (χ1n) is 4.84. The Balaban J connectivity index is 2.49. The van der Waals surface area contributed by atoms with Crippen LogP contribution in [0.2, 0.25) is 0 Å². The molecule has 2 heterocycles. The molecule has 0 amide bonds. The molecule has 0 saturated carbocycles. The Hall–Kier alpha value is -1.36. The van der Waals surface area contributed by atoms with Crippen molar-refractivity contribution in [3.05, 3.63) is 50.5 Å². The van der Waals surface area contributed by atoms with Gasteiger partial charge in [-0.2, -0.15) is 4.98 Å². The summed E-state index contributed by atoms with van der Waals surface area (Å²) in [7, 11) is 0. The SMILES string of the molecule is Cc1nc(=O)n(Cc2ccoc2)c(C)c1Br. The lowest BCUT2D eigenvalue weighted by Crippen LogP contribution is -2.26. The van der Waals surface area contributed by atoms with Crippen LogP contribution in [-0.4, -0.2) is 9.55 Å². The van der Waals surface area contributed by atoms with E-state index in [0.717, 1.165) is 15.7 Å². The zero-order chi connectivity index (χ0) is 11.7. The first kappa shape index (κ1) is 11.1. The van der Waals surface area contributed by atoms with Crippen LogP contribution in [0.25, 0.3) is 0 Å². The van der Waals surface area contributed by atoms with Crippen molar-refractivity contribution < 1.29 is 4.42 Å². The smallest absolute Gasteiger partial charge is 0.348 e. The summed E-state index contributed by atoms with van der Waals surface area (Å²) in [5.74, 6) is 0. The molecule has 2 aromatic heterocycles. The van der Waals surface area contributed by atoms with Gasteiger partial charge in [-0.1, -0.05) is 0 Å². The second-order valence-corrected chi connectivity index (χ2v) is 4.39. The van der Waals surface area contributed by atoms with Gasteiger partial charge < -0.3 is 4.42 Å². The summed E-state index contributed by atoms with van der Waals surface area (Å²) in [5, 5.41) is 0. The molecule has 16 heavy (non-hydrogen) atoms. The normalized spacial score (nSPS) is 10.7. The van der Waals surface area contributed by atoms with Gasteiger partial charge >= 0.3 is 5.69 Å². The summed E-state index contributed by atoms with van der Waals surface area (Å²) in [6.45, 7) is 4.17. The second-order valence-electron chi connectivity index (χ2n) is 3.60. The van der Waals surface area contributed by atoms with Gasteiger partial charge in [0.1, 0.15) is 0 Å². The molecule has 5 heteroatoms. The van der Waals surface area contributed by atoms with Crippen molar-refractivity contribution in [2.45, 2.75) is 20.4 Å². The molecule has 0 aliphatic rings. The highest BCUT2D eigenvalue weighted by Crippen LogP contribution is 2.17. The maximum atomic E-state index is 11.7. The van der Waals surface area contributed by atoms with E-state index in [-0.39, 0.29) is 5.69 Å². The largest absolute Gasteiger partial charge is 0.472 e. The van der Waals surface area contributed by atoms with Crippen molar-refractivity contribution in [1.29, 1.82) is 0 Å². The first-order chi connectivity index (χ1) is 7.59. The summed E-state index contributed by atoms with van der Waals surface area (Å²) in [6.07, 6.45) is 3.21. The monoisotopic (exact) mass is 282 g/mol. The number of rotatable bonds is 2. The fourth-order valence-corrected chi connectivity index (χ4v) is 1.83. The van der Waals surface area contributed by atoms with Gasteiger partial charge in [-0.05, 0) is 35.8 Å². The minimum atomic E-state index is -0.237. The fourth-order valence-electron chi connectivity index (χ4n) is 1.53. The van der Waals surface area contributed by atoms with Crippen molar-refractivity contribution in [1.82, 2.24) is 9.55 Å². The average Bonchev–Trinajstić information content (AvgIpc) is 2.74. The lowest BCUT2D eigenvalue weighted by atomic mass is 10.3. The quantitative estimate of drug-likeness (QED) is 0.849. The molecule has 2 rings (SSSR count). The zero-order valence-corrected chi connectivity index (χ0v) is 10.6. The van der Waals surface area contributed by atoms with Crippen LogP contribution in [0.5, 0.6) is 0 Å². The number of hydrogen-bond acceptors (Lipinski definition) is 3. The maximum Gasteiger partial charge on any atom is 0.348 e. The van der Waals surface area contributed by atoms with Gasteiger partial charge in [0.05, 0.1) is 29.2 Å². The van der Waals surface area contributed by atoms with Crippen LogP contribution in [0.4, 0.5) is 0 Å². The molecule has 0 bridgehead atoms. The molecule has 0 radical (unpaired) electrons. The molecule has 4 nitrogen and oxygen atoms in total.